The van der Waals surface area contributed by atoms with Crippen LogP contribution in [0.15, 0.2) is 42.5 Å². The fourth-order valence-corrected chi connectivity index (χ4v) is 4.13. The van der Waals surface area contributed by atoms with E-state index in [4.69, 9.17) is 9.72 Å². The van der Waals surface area contributed by atoms with Gasteiger partial charge in [-0.2, -0.15) is 0 Å². The molecule has 1 aliphatic heterocycles. The van der Waals surface area contributed by atoms with Crippen molar-refractivity contribution >= 4 is 28.6 Å². The number of rotatable bonds is 5. The number of anilines is 1. The quantitative estimate of drug-likeness (QED) is 0.622. The van der Waals surface area contributed by atoms with Crippen LogP contribution in [0.1, 0.15) is 36.2 Å². The highest BCUT2D eigenvalue weighted by Crippen LogP contribution is 2.34. The van der Waals surface area contributed by atoms with E-state index in [9.17, 15) is 9.59 Å². The van der Waals surface area contributed by atoms with E-state index in [2.05, 4.69) is 6.07 Å². The van der Waals surface area contributed by atoms with E-state index in [0.717, 1.165) is 28.1 Å². The zero-order valence-electron chi connectivity index (χ0n) is 17.0. The van der Waals surface area contributed by atoms with Crippen LogP contribution < -0.4 is 4.90 Å². The molecule has 0 saturated carbocycles. The van der Waals surface area contributed by atoms with Crippen molar-refractivity contribution in [2.24, 2.45) is 0 Å². The fourth-order valence-electron chi connectivity index (χ4n) is 4.13. The first kappa shape index (κ1) is 19.2. The molecular weight excluding hydrogens is 366 g/mol. The maximum absolute atomic E-state index is 12.8. The fraction of sp³-hybridized carbons (Fsp3) is 0.348. The molecule has 2 heterocycles. The van der Waals surface area contributed by atoms with Crippen molar-refractivity contribution in [1.29, 1.82) is 0 Å². The van der Waals surface area contributed by atoms with Gasteiger partial charge in [0.15, 0.2) is 0 Å². The molecule has 1 aromatic heterocycles. The van der Waals surface area contributed by atoms with E-state index in [-0.39, 0.29) is 24.3 Å². The van der Waals surface area contributed by atoms with Crippen LogP contribution in [-0.2, 0) is 20.9 Å². The van der Waals surface area contributed by atoms with Crippen molar-refractivity contribution in [1.82, 2.24) is 9.55 Å². The minimum Gasteiger partial charge on any atom is -0.465 e. The molecule has 0 radical (unpaired) electrons. The van der Waals surface area contributed by atoms with Crippen LogP contribution in [0, 0.1) is 13.8 Å². The first-order chi connectivity index (χ1) is 14.0. The van der Waals surface area contributed by atoms with E-state index < -0.39 is 0 Å². The van der Waals surface area contributed by atoms with Crippen LogP contribution in [0.3, 0.4) is 0 Å². The van der Waals surface area contributed by atoms with E-state index in [1.54, 1.807) is 6.92 Å². The van der Waals surface area contributed by atoms with Crippen LogP contribution in [0.4, 0.5) is 5.69 Å². The van der Waals surface area contributed by atoms with Crippen LogP contribution >= 0.6 is 0 Å². The number of imidazole rings is 1. The molecule has 0 spiro atoms. The van der Waals surface area contributed by atoms with Gasteiger partial charge in [0.05, 0.1) is 17.6 Å². The van der Waals surface area contributed by atoms with E-state index in [1.807, 2.05) is 59.7 Å². The summed E-state index contributed by atoms with van der Waals surface area (Å²) >= 11 is 0. The van der Waals surface area contributed by atoms with Crippen LogP contribution in [0.2, 0.25) is 0 Å². The van der Waals surface area contributed by atoms with E-state index in [1.165, 1.54) is 5.56 Å². The lowest BCUT2D eigenvalue weighted by Gasteiger charge is -2.20. The summed E-state index contributed by atoms with van der Waals surface area (Å²) in [6.07, 6.45) is 0.374. The van der Waals surface area contributed by atoms with Gasteiger partial charge in [-0.1, -0.05) is 29.8 Å². The molecule has 0 aliphatic carbocycles. The van der Waals surface area contributed by atoms with Gasteiger partial charge in [-0.25, -0.2) is 4.98 Å². The van der Waals surface area contributed by atoms with Crippen molar-refractivity contribution < 1.29 is 14.3 Å². The number of aryl methyl sites for hydroxylation is 2. The number of nitrogens with zero attached hydrogens (tertiary/aromatic N) is 3. The highest BCUT2D eigenvalue weighted by atomic mass is 16.5. The monoisotopic (exact) mass is 391 g/mol. The predicted octanol–water partition coefficient (Wildman–Crippen LogP) is 3.74. The van der Waals surface area contributed by atoms with Gasteiger partial charge in [-0.15, -0.1) is 0 Å². The van der Waals surface area contributed by atoms with Crippen molar-refractivity contribution in [3.05, 3.63) is 59.4 Å². The summed E-state index contributed by atoms with van der Waals surface area (Å²) < 4.78 is 7.05. The van der Waals surface area contributed by atoms with Gasteiger partial charge in [0.2, 0.25) is 5.91 Å². The standard InChI is InChI=1S/C23H25N3O3/c1-4-29-22(28)14-26-20-8-6-5-7-18(20)24-23(26)17-12-21(27)25(13-17)19-10-9-15(2)11-16(19)3/h5-11,17H,4,12-14H2,1-3H3/t17-/m1/s1. The molecule has 150 valence electrons. The second-order valence-corrected chi connectivity index (χ2v) is 7.55. The van der Waals surface area contributed by atoms with Gasteiger partial charge in [0, 0.05) is 24.6 Å². The van der Waals surface area contributed by atoms with Crippen LogP contribution in [0.5, 0.6) is 0 Å². The highest BCUT2D eigenvalue weighted by molar-refractivity contribution is 5.97. The first-order valence-corrected chi connectivity index (χ1v) is 9.96. The molecule has 29 heavy (non-hydrogen) atoms. The second-order valence-electron chi connectivity index (χ2n) is 7.55. The number of ether oxygens (including phenoxy) is 1. The predicted molar refractivity (Wildman–Crippen MR) is 112 cm³/mol. The Morgan fingerprint density at radius 1 is 1.21 bits per heavy atom. The number of amides is 1. The van der Waals surface area contributed by atoms with Crippen LogP contribution in [0.25, 0.3) is 11.0 Å². The number of hydrogen-bond acceptors (Lipinski definition) is 4. The number of hydrogen-bond donors (Lipinski definition) is 0. The summed E-state index contributed by atoms with van der Waals surface area (Å²) in [4.78, 5) is 31.7. The Balaban J connectivity index is 1.69. The molecule has 1 atom stereocenters. The van der Waals surface area contributed by atoms with Gasteiger partial charge in [0.25, 0.3) is 0 Å². The maximum Gasteiger partial charge on any atom is 0.326 e. The van der Waals surface area contributed by atoms with Crippen molar-refractivity contribution in [3.63, 3.8) is 0 Å². The van der Waals surface area contributed by atoms with Gasteiger partial charge < -0.3 is 14.2 Å². The maximum atomic E-state index is 12.8. The molecule has 3 aromatic rings. The molecule has 0 bridgehead atoms. The summed E-state index contributed by atoms with van der Waals surface area (Å²) in [7, 11) is 0. The molecule has 2 aromatic carbocycles. The Hall–Kier alpha value is -3.15. The molecule has 6 heteroatoms. The number of carbonyl (C=O) groups is 2. The lowest BCUT2D eigenvalue weighted by atomic mass is 10.1. The molecule has 6 nitrogen and oxygen atoms in total. The summed E-state index contributed by atoms with van der Waals surface area (Å²) in [5, 5.41) is 0. The molecule has 1 saturated heterocycles. The third kappa shape index (κ3) is 3.62. The van der Waals surface area contributed by atoms with Crippen molar-refractivity contribution in [2.75, 3.05) is 18.1 Å². The molecule has 0 unspecified atom stereocenters. The Morgan fingerprint density at radius 2 is 2.00 bits per heavy atom. The van der Waals surface area contributed by atoms with E-state index in [0.29, 0.717) is 19.6 Å². The topological polar surface area (TPSA) is 64.4 Å². The van der Waals surface area contributed by atoms with Gasteiger partial charge in [-0.05, 0) is 44.5 Å². The Bertz CT molecular complexity index is 1090. The zero-order valence-corrected chi connectivity index (χ0v) is 17.0. The second kappa shape index (κ2) is 7.70. The van der Waals surface area contributed by atoms with Crippen molar-refractivity contribution in [2.45, 2.75) is 39.7 Å². The average molecular weight is 391 g/mol. The minimum absolute atomic E-state index is 0.0787. The number of aromatic nitrogens is 2. The molecule has 1 aliphatic rings. The SMILES string of the molecule is CCOC(=O)Cn1c([C@@H]2CC(=O)N(c3ccc(C)cc3C)C2)nc2ccccc21. The lowest BCUT2D eigenvalue weighted by molar-refractivity contribution is -0.143. The van der Waals surface area contributed by atoms with Gasteiger partial charge >= 0.3 is 5.97 Å². The summed E-state index contributed by atoms with van der Waals surface area (Å²) in [6.45, 7) is 6.85. The zero-order chi connectivity index (χ0) is 20.5. The number of fused-ring (bicyclic) bond motifs is 1. The van der Waals surface area contributed by atoms with Gasteiger partial charge in [-0.3, -0.25) is 9.59 Å². The first-order valence-electron chi connectivity index (χ1n) is 9.96. The number of esters is 1. The lowest BCUT2D eigenvalue weighted by Crippen LogP contribution is -2.25. The Morgan fingerprint density at radius 3 is 2.76 bits per heavy atom. The molecule has 0 N–H and O–H groups in total. The minimum atomic E-state index is -0.299. The number of carbonyl (C=O) groups excluding carboxylic acids is 2. The van der Waals surface area contributed by atoms with Crippen molar-refractivity contribution in [3.8, 4) is 0 Å². The third-order valence-electron chi connectivity index (χ3n) is 5.41. The normalized spacial score (nSPS) is 16.6. The highest BCUT2D eigenvalue weighted by Gasteiger charge is 2.35. The Kier molecular flexibility index (Phi) is 5.09. The number of para-hydroxylation sites is 2. The van der Waals surface area contributed by atoms with Crippen LogP contribution in [-0.4, -0.2) is 34.6 Å². The molecular formula is C23H25N3O3. The molecule has 1 amide bonds. The summed E-state index contributed by atoms with van der Waals surface area (Å²) in [6, 6.07) is 13.9. The third-order valence-corrected chi connectivity index (χ3v) is 5.41. The smallest absolute Gasteiger partial charge is 0.326 e. The summed E-state index contributed by atoms with van der Waals surface area (Å²) in [5.74, 6) is 0.467. The summed E-state index contributed by atoms with van der Waals surface area (Å²) in [5.41, 5.74) is 4.90. The molecule has 4 rings (SSSR count). The van der Waals surface area contributed by atoms with E-state index >= 15 is 0 Å². The number of benzene rings is 2. The molecule has 1 fully saturated rings. The largest absolute Gasteiger partial charge is 0.465 e. The average Bonchev–Trinajstić information content (AvgIpc) is 3.23. The Labute approximate surface area is 170 Å². The van der Waals surface area contributed by atoms with Gasteiger partial charge in [0.1, 0.15) is 12.4 Å².